The van der Waals surface area contributed by atoms with E-state index < -0.39 is 8.07 Å². The molecule has 26 heavy (non-hydrogen) atoms. The first-order chi connectivity index (χ1) is 12.8. The van der Waals surface area contributed by atoms with Crippen LogP contribution >= 0.6 is 0 Å². The molecule has 0 aliphatic rings. The Morgan fingerprint density at radius 2 is 0.808 bits per heavy atom. The highest BCUT2D eigenvalue weighted by Crippen LogP contribution is 2.08. The minimum absolute atomic E-state index is 0.808. The van der Waals surface area contributed by atoms with Crippen LogP contribution in [0.1, 0.15) is 0 Å². The Morgan fingerprint density at radius 3 is 1.19 bits per heavy atom. The fraction of sp³-hybridized carbons (Fsp3) is 0. The van der Waals surface area contributed by atoms with Gasteiger partial charge in [-0.25, -0.2) is 0 Å². The highest BCUT2D eigenvalue weighted by molar-refractivity contribution is 7.19. The summed E-state index contributed by atoms with van der Waals surface area (Å²) in [6, 6.07) is 41.0. The van der Waals surface area contributed by atoms with Crippen molar-refractivity contribution in [1.29, 1.82) is 0 Å². The molecule has 2 radical (unpaired) electrons. The quantitative estimate of drug-likeness (QED) is 0.391. The van der Waals surface area contributed by atoms with Crippen LogP contribution in [-0.4, -0.2) is 15.9 Å². The summed E-state index contributed by atoms with van der Waals surface area (Å²) in [5.41, 5.74) is 0.808. The fourth-order valence-corrected chi connectivity index (χ4v) is 8.64. The van der Waals surface area contributed by atoms with Crippen molar-refractivity contribution >= 4 is 42.1 Å². The summed E-state index contributed by atoms with van der Waals surface area (Å²) in [4.78, 5) is 0. The van der Waals surface area contributed by atoms with Crippen molar-refractivity contribution in [3.8, 4) is 0 Å². The van der Waals surface area contributed by atoms with Gasteiger partial charge in [-0.05, 0) is 20.7 Å². The van der Waals surface area contributed by atoms with Crippen LogP contribution in [-0.2, 0) is 0 Å². The average molecular weight is 346 g/mol. The number of benzene rings is 4. The molecule has 0 spiro atoms. The lowest BCUT2D eigenvalue weighted by molar-refractivity contribution is 1.67. The highest BCUT2D eigenvalue weighted by Gasteiger charge is 2.41. The molecule has 0 saturated carbocycles. The van der Waals surface area contributed by atoms with Gasteiger partial charge >= 0.3 is 0 Å². The molecule has 0 saturated heterocycles. The molecule has 0 bridgehead atoms. The summed E-state index contributed by atoms with van der Waals surface area (Å²) in [7, 11) is 3.80. The lowest BCUT2D eigenvalue weighted by atomic mass is 9.97. The molecule has 0 unspecified atom stereocenters. The average Bonchev–Trinajstić information content (AvgIpc) is 2.71. The molecular weight excluding hydrogens is 327 g/mol. The molecule has 2 heteroatoms. The third-order valence-electron chi connectivity index (χ3n) is 4.94. The van der Waals surface area contributed by atoms with Crippen molar-refractivity contribution in [3.63, 3.8) is 0 Å². The molecule has 0 aromatic heterocycles. The molecule has 0 heterocycles. The lowest BCUT2D eigenvalue weighted by Crippen LogP contribution is -2.75. The molecule has 4 aromatic carbocycles. The Balaban J connectivity index is 2.14. The van der Waals surface area contributed by atoms with Crippen LogP contribution in [0.4, 0.5) is 0 Å². The summed E-state index contributed by atoms with van der Waals surface area (Å²) in [6.07, 6.45) is 0. The van der Waals surface area contributed by atoms with E-state index >= 15 is 0 Å². The molecule has 0 atom stereocenters. The van der Waals surface area contributed by atoms with Gasteiger partial charge in [-0.1, -0.05) is 121 Å². The van der Waals surface area contributed by atoms with Gasteiger partial charge in [0, 0.05) is 0 Å². The van der Waals surface area contributed by atoms with Crippen LogP contribution in [0.25, 0.3) is 0 Å². The third kappa shape index (κ3) is 2.83. The Labute approximate surface area is 157 Å². The standard InChI is InChI=1S/C24H19BSi/c25-20-11-10-18-24(19-20)26(21-12-4-1-5-13-21,22-14-6-2-7-15-22)23-16-8-3-9-17-23/h1-19H. The molecule has 0 amide bonds. The van der Waals surface area contributed by atoms with Gasteiger partial charge in [-0.15, -0.1) is 0 Å². The van der Waals surface area contributed by atoms with Crippen molar-refractivity contribution in [2.75, 3.05) is 0 Å². The monoisotopic (exact) mass is 346 g/mol. The molecule has 0 nitrogen and oxygen atoms in total. The van der Waals surface area contributed by atoms with Gasteiger partial charge < -0.3 is 0 Å². The van der Waals surface area contributed by atoms with Crippen molar-refractivity contribution in [1.82, 2.24) is 0 Å². The third-order valence-corrected chi connectivity index (χ3v) is 9.72. The van der Waals surface area contributed by atoms with Gasteiger partial charge in [0.15, 0.2) is 8.07 Å². The first-order valence-corrected chi connectivity index (χ1v) is 10.8. The van der Waals surface area contributed by atoms with E-state index in [2.05, 4.69) is 109 Å². The van der Waals surface area contributed by atoms with Crippen molar-refractivity contribution in [2.24, 2.45) is 0 Å². The minimum Gasteiger partial charge on any atom is -0.0967 e. The van der Waals surface area contributed by atoms with Crippen molar-refractivity contribution in [2.45, 2.75) is 0 Å². The zero-order valence-corrected chi connectivity index (χ0v) is 15.5. The maximum Gasteiger partial charge on any atom is 0.179 e. The van der Waals surface area contributed by atoms with E-state index in [-0.39, 0.29) is 0 Å². The molecule has 4 aromatic rings. The van der Waals surface area contributed by atoms with Gasteiger partial charge in [0.05, 0.1) is 0 Å². The van der Waals surface area contributed by atoms with E-state index in [1.165, 1.54) is 20.7 Å². The Hall–Kier alpha value is -2.84. The zero-order chi connectivity index (χ0) is 17.8. The number of hydrogen-bond donors (Lipinski definition) is 0. The minimum atomic E-state index is -2.41. The topological polar surface area (TPSA) is 0 Å². The summed E-state index contributed by atoms with van der Waals surface area (Å²) in [6.45, 7) is 0. The van der Waals surface area contributed by atoms with Crippen LogP contribution < -0.4 is 26.2 Å². The Kier molecular flexibility index (Phi) is 4.59. The van der Waals surface area contributed by atoms with Gasteiger partial charge in [-0.2, -0.15) is 0 Å². The van der Waals surface area contributed by atoms with Crippen molar-refractivity contribution < 1.29 is 0 Å². The summed E-state index contributed by atoms with van der Waals surface area (Å²) < 4.78 is 0. The summed E-state index contributed by atoms with van der Waals surface area (Å²) in [5, 5.41) is 5.40. The Bertz CT molecular complexity index is 885. The molecular formula is C24H19BSi. The van der Waals surface area contributed by atoms with Crippen LogP contribution in [0.3, 0.4) is 0 Å². The predicted molar refractivity (Wildman–Crippen MR) is 115 cm³/mol. The maximum atomic E-state index is 6.21. The van der Waals surface area contributed by atoms with Crippen LogP contribution in [0.2, 0.25) is 0 Å². The van der Waals surface area contributed by atoms with E-state index in [1.54, 1.807) is 0 Å². The van der Waals surface area contributed by atoms with E-state index in [1.807, 2.05) is 6.07 Å². The van der Waals surface area contributed by atoms with Crippen LogP contribution in [0.5, 0.6) is 0 Å². The first-order valence-electron chi connectivity index (χ1n) is 8.84. The second-order valence-corrected chi connectivity index (χ2v) is 10.3. The van der Waals surface area contributed by atoms with Gasteiger partial charge in [0.2, 0.25) is 0 Å². The number of rotatable bonds is 4. The fourth-order valence-electron chi connectivity index (χ4n) is 3.84. The lowest BCUT2D eigenvalue weighted by Gasteiger charge is -2.34. The SMILES string of the molecule is [B]c1cccc([Si](c2ccccc2)(c2ccccc2)c2ccccc2)c1. The molecule has 0 aliphatic heterocycles. The van der Waals surface area contributed by atoms with Gasteiger partial charge in [0.25, 0.3) is 0 Å². The molecule has 122 valence electrons. The second kappa shape index (κ2) is 7.19. The predicted octanol–water partition coefficient (Wildman–Crippen LogP) is 1.86. The summed E-state index contributed by atoms with van der Waals surface area (Å²) >= 11 is 0. The molecule has 0 fully saturated rings. The van der Waals surface area contributed by atoms with Gasteiger partial charge in [-0.3, -0.25) is 0 Å². The number of hydrogen-bond acceptors (Lipinski definition) is 0. The van der Waals surface area contributed by atoms with Gasteiger partial charge in [0.1, 0.15) is 7.85 Å². The maximum absolute atomic E-state index is 6.21. The van der Waals surface area contributed by atoms with E-state index in [0.29, 0.717) is 0 Å². The smallest absolute Gasteiger partial charge is 0.0967 e. The molecule has 0 aliphatic carbocycles. The molecule has 4 rings (SSSR count). The largest absolute Gasteiger partial charge is 0.179 e. The van der Waals surface area contributed by atoms with Crippen LogP contribution in [0.15, 0.2) is 115 Å². The van der Waals surface area contributed by atoms with Crippen LogP contribution in [0, 0.1) is 0 Å². The molecule has 0 N–H and O–H groups in total. The summed E-state index contributed by atoms with van der Waals surface area (Å²) in [5.74, 6) is 0. The van der Waals surface area contributed by atoms with Crippen molar-refractivity contribution in [3.05, 3.63) is 115 Å². The van der Waals surface area contributed by atoms with E-state index in [9.17, 15) is 0 Å². The highest BCUT2D eigenvalue weighted by atomic mass is 28.3. The van der Waals surface area contributed by atoms with E-state index in [0.717, 1.165) is 5.46 Å². The first kappa shape index (κ1) is 16.6. The zero-order valence-electron chi connectivity index (χ0n) is 14.5. The Morgan fingerprint density at radius 1 is 0.423 bits per heavy atom. The second-order valence-electron chi connectivity index (χ2n) is 6.47. The van der Waals surface area contributed by atoms with E-state index in [4.69, 9.17) is 7.85 Å². The normalized spacial score (nSPS) is 11.2.